The van der Waals surface area contributed by atoms with Gasteiger partial charge in [-0.2, -0.15) is 0 Å². The van der Waals surface area contributed by atoms with E-state index in [0.29, 0.717) is 4.88 Å². The summed E-state index contributed by atoms with van der Waals surface area (Å²) in [5, 5.41) is 8.34. The van der Waals surface area contributed by atoms with Crippen molar-refractivity contribution in [2.45, 2.75) is 13.3 Å². The van der Waals surface area contributed by atoms with E-state index in [1.54, 1.807) is 12.1 Å². The molecule has 3 nitrogen and oxygen atoms in total. The van der Waals surface area contributed by atoms with Gasteiger partial charge in [-0.25, -0.2) is 0 Å². The molecule has 1 aromatic rings. The zero-order chi connectivity index (χ0) is 9.14. The van der Waals surface area contributed by atoms with E-state index in [9.17, 15) is 9.59 Å². The lowest BCUT2D eigenvalue weighted by molar-refractivity contribution is -0.135. The monoisotopic (exact) mass is 184 g/mol. The van der Waals surface area contributed by atoms with Crippen molar-refractivity contribution in [3.05, 3.63) is 21.9 Å². The molecule has 0 aliphatic heterocycles. The number of carbonyl (C=O) groups excluding carboxylic acids is 1. The van der Waals surface area contributed by atoms with Gasteiger partial charge in [0.15, 0.2) is 5.78 Å². The number of aryl methyl sites for hydroxylation is 1. The van der Waals surface area contributed by atoms with E-state index in [1.165, 1.54) is 11.3 Å². The van der Waals surface area contributed by atoms with Crippen LogP contribution in [0.15, 0.2) is 12.1 Å². The number of thiophene rings is 1. The molecule has 0 fully saturated rings. The number of Topliss-reactive ketones (excluding diaryl/α,β-unsaturated/α-hetero) is 1. The van der Waals surface area contributed by atoms with Crippen LogP contribution in [-0.4, -0.2) is 16.9 Å². The summed E-state index contributed by atoms with van der Waals surface area (Å²) in [6.07, 6.45) is -0.417. The Morgan fingerprint density at radius 2 is 2.17 bits per heavy atom. The molecule has 4 heteroatoms. The first kappa shape index (κ1) is 8.93. The molecule has 0 bridgehead atoms. The minimum absolute atomic E-state index is 0.319. The molecule has 0 spiro atoms. The highest BCUT2D eigenvalue weighted by molar-refractivity contribution is 7.14. The normalized spacial score (nSPS) is 9.75. The van der Waals surface area contributed by atoms with Crippen molar-refractivity contribution in [1.82, 2.24) is 0 Å². The van der Waals surface area contributed by atoms with Crippen LogP contribution < -0.4 is 0 Å². The largest absolute Gasteiger partial charge is 0.481 e. The van der Waals surface area contributed by atoms with Crippen LogP contribution in [0.25, 0.3) is 0 Å². The van der Waals surface area contributed by atoms with Gasteiger partial charge in [-0.05, 0) is 19.1 Å². The van der Waals surface area contributed by atoms with E-state index in [0.717, 1.165) is 4.88 Å². The number of carbonyl (C=O) groups is 2. The fraction of sp³-hybridized carbons (Fsp3) is 0.250. The lowest BCUT2D eigenvalue weighted by Crippen LogP contribution is -2.04. The van der Waals surface area contributed by atoms with E-state index in [2.05, 4.69) is 0 Å². The van der Waals surface area contributed by atoms with Gasteiger partial charge in [-0.1, -0.05) is 0 Å². The van der Waals surface area contributed by atoms with Crippen LogP contribution >= 0.6 is 11.3 Å². The molecule has 0 unspecified atom stereocenters. The summed E-state index contributed by atoms with van der Waals surface area (Å²) in [6.45, 7) is 1.88. The lowest BCUT2D eigenvalue weighted by Gasteiger charge is -1.90. The number of ketones is 1. The SMILES string of the molecule is Cc1ccc(C(=O)CC(=O)O)s1. The van der Waals surface area contributed by atoms with Gasteiger partial charge in [0.2, 0.25) is 0 Å². The molecule has 1 rings (SSSR count). The molecule has 1 aromatic heterocycles. The highest BCUT2D eigenvalue weighted by atomic mass is 32.1. The average Bonchev–Trinajstić information content (AvgIpc) is 2.34. The molecule has 0 saturated heterocycles. The molecule has 0 aliphatic rings. The highest BCUT2D eigenvalue weighted by Gasteiger charge is 2.11. The average molecular weight is 184 g/mol. The summed E-state index contributed by atoms with van der Waals surface area (Å²) in [4.78, 5) is 22.8. The zero-order valence-electron chi connectivity index (χ0n) is 6.53. The minimum Gasteiger partial charge on any atom is -0.481 e. The third kappa shape index (κ3) is 2.17. The molecule has 1 N–H and O–H groups in total. The summed E-state index contributed by atoms with van der Waals surface area (Å²) < 4.78 is 0. The Balaban J connectivity index is 2.72. The van der Waals surface area contributed by atoms with Crippen LogP contribution in [0.5, 0.6) is 0 Å². The van der Waals surface area contributed by atoms with Crippen molar-refractivity contribution < 1.29 is 14.7 Å². The Morgan fingerprint density at radius 1 is 1.50 bits per heavy atom. The van der Waals surface area contributed by atoms with Gasteiger partial charge >= 0.3 is 5.97 Å². The number of hydrogen-bond donors (Lipinski definition) is 1. The van der Waals surface area contributed by atoms with E-state index in [4.69, 9.17) is 5.11 Å². The Hall–Kier alpha value is -1.16. The summed E-state index contributed by atoms with van der Waals surface area (Å²) >= 11 is 1.32. The van der Waals surface area contributed by atoms with Crippen LogP contribution in [0, 0.1) is 6.92 Å². The molecule has 1 heterocycles. The van der Waals surface area contributed by atoms with Gasteiger partial charge in [0.05, 0.1) is 4.88 Å². The second kappa shape index (κ2) is 3.49. The van der Waals surface area contributed by atoms with E-state index in [1.807, 2.05) is 6.92 Å². The maximum absolute atomic E-state index is 11.1. The second-order valence-corrected chi connectivity index (χ2v) is 3.69. The van der Waals surface area contributed by atoms with Gasteiger partial charge < -0.3 is 5.11 Å². The van der Waals surface area contributed by atoms with Gasteiger partial charge in [0, 0.05) is 4.88 Å². The number of hydrogen-bond acceptors (Lipinski definition) is 3. The predicted octanol–water partition coefficient (Wildman–Crippen LogP) is 1.71. The smallest absolute Gasteiger partial charge is 0.311 e. The first-order valence-corrected chi connectivity index (χ1v) is 4.22. The van der Waals surface area contributed by atoms with Crippen LogP contribution in [-0.2, 0) is 4.79 Å². The van der Waals surface area contributed by atoms with Crippen molar-refractivity contribution in [1.29, 1.82) is 0 Å². The molecular weight excluding hydrogens is 176 g/mol. The Bertz CT molecular complexity index is 314. The van der Waals surface area contributed by atoms with Crippen molar-refractivity contribution in [2.24, 2.45) is 0 Å². The lowest BCUT2D eigenvalue weighted by atomic mass is 10.2. The second-order valence-electron chi connectivity index (χ2n) is 2.40. The number of carboxylic acids is 1. The molecule has 64 valence electrons. The van der Waals surface area contributed by atoms with Crippen molar-refractivity contribution in [3.63, 3.8) is 0 Å². The standard InChI is InChI=1S/C8H8O3S/c1-5-2-3-7(12-5)6(9)4-8(10)11/h2-3H,4H2,1H3,(H,10,11). The number of carboxylic acid groups (broad SMARTS) is 1. The van der Waals surface area contributed by atoms with Gasteiger partial charge in [-0.15, -0.1) is 11.3 Å². The zero-order valence-corrected chi connectivity index (χ0v) is 7.35. The molecular formula is C8H8O3S. The Morgan fingerprint density at radius 3 is 2.58 bits per heavy atom. The Labute approximate surface area is 73.6 Å². The Kier molecular flexibility index (Phi) is 2.60. The third-order valence-corrected chi connectivity index (χ3v) is 2.37. The topological polar surface area (TPSA) is 54.4 Å². The van der Waals surface area contributed by atoms with Crippen LogP contribution in [0.4, 0.5) is 0 Å². The summed E-state index contributed by atoms with van der Waals surface area (Å²) in [6, 6.07) is 3.46. The fourth-order valence-corrected chi connectivity index (χ4v) is 1.61. The first-order valence-electron chi connectivity index (χ1n) is 3.41. The molecule has 0 aliphatic carbocycles. The highest BCUT2D eigenvalue weighted by Crippen LogP contribution is 2.16. The molecule has 0 atom stereocenters. The summed E-state index contributed by atoms with van der Waals surface area (Å²) in [7, 11) is 0. The molecule has 0 radical (unpaired) electrons. The third-order valence-electron chi connectivity index (χ3n) is 1.33. The van der Waals surface area contributed by atoms with E-state index >= 15 is 0 Å². The fourth-order valence-electron chi connectivity index (χ4n) is 0.809. The summed E-state index contributed by atoms with van der Waals surface area (Å²) in [5.74, 6) is -1.40. The van der Waals surface area contributed by atoms with Crippen LogP contribution in [0.3, 0.4) is 0 Å². The molecule has 12 heavy (non-hydrogen) atoms. The van der Waals surface area contributed by atoms with Crippen LogP contribution in [0.2, 0.25) is 0 Å². The summed E-state index contributed by atoms with van der Waals surface area (Å²) in [5.41, 5.74) is 0. The van der Waals surface area contributed by atoms with Crippen molar-refractivity contribution >= 4 is 23.1 Å². The van der Waals surface area contributed by atoms with E-state index < -0.39 is 12.4 Å². The number of rotatable bonds is 3. The van der Waals surface area contributed by atoms with E-state index in [-0.39, 0.29) is 5.78 Å². The molecule has 0 saturated carbocycles. The first-order chi connectivity index (χ1) is 5.59. The van der Waals surface area contributed by atoms with Crippen molar-refractivity contribution in [3.8, 4) is 0 Å². The van der Waals surface area contributed by atoms with Crippen LogP contribution in [0.1, 0.15) is 21.0 Å². The predicted molar refractivity (Wildman–Crippen MR) is 45.6 cm³/mol. The molecule has 0 aromatic carbocycles. The minimum atomic E-state index is -1.08. The maximum atomic E-state index is 11.1. The number of aliphatic carboxylic acids is 1. The molecule has 0 amide bonds. The van der Waals surface area contributed by atoms with Gasteiger partial charge in [0.1, 0.15) is 6.42 Å². The van der Waals surface area contributed by atoms with Gasteiger partial charge in [0.25, 0.3) is 0 Å². The van der Waals surface area contributed by atoms with Crippen molar-refractivity contribution in [2.75, 3.05) is 0 Å². The quantitative estimate of drug-likeness (QED) is 0.574. The maximum Gasteiger partial charge on any atom is 0.311 e. The van der Waals surface area contributed by atoms with Gasteiger partial charge in [-0.3, -0.25) is 9.59 Å².